The predicted octanol–water partition coefficient (Wildman–Crippen LogP) is 2.87. The molecule has 1 amide bonds. The van der Waals surface area contributed by atoms with Crippen LogP contribution < -0.4 is 10.1 Å². The minimum Gasteiger partial charge on any atom is -0.508 e. The second-order valence-corrected chi connectivity index (χ2v) is 7.67. The number of benzene rings is 1. The van der Waals surface area contributed by atoms with Gasteiger partial charge in [0, 0.05) is 32.2 Å². The van der Waals surface area contributed by atoms with E-state index >= 15 is 0 Å². The maximum absolute atomic E-state index is 12.6. The molecule has 2 N–H and O–H groups in total. The monoisotopic (exact) mass is 364 g/mol. The Bertz CT molecular complexity index is 673. The van der Waals surface area contributed by atoms with Gasteiger partial charge < -0.3 is 24.8 Å². The number of hydrogen-bond donors (Lipinski definition) is 2. The molecule has 0 aromatic heterocycles. The minimum absolute atomic E-state index is 0.00546. The molecule has 7 nitrogen and oxygen atoms in total. The van der Waals surface area contributed by atoms with Gasteiger partial charge in [-0.1, -0.05) is 13.8 Å². The van der Waals surface area contributed by atoms with Crippen molar-refractivity contribution in [2.24, 2.45) is 0 Å². The first kappa shape index (κ1) is 20.0. The molecule has 144 valence electrons. The third-order valence-corrected chi connectivity index (χ3v) is 3.94. The van der Waals surface area contributed by atoms with Crippen LogP contribution in [-0.2, 0) is 4.74 Å². The third-order valence-electron chi connectivity index (χ3n) is 3.94. The Morgan fingerprint density at radius 1 is 1.19 bits per heavy atom. The molecule has 2 rings (SSSR count). The number of esters is 1. The first-order valence-corrected chi connectivity index (χ1v) is 8.86. The summed E-state index contributed by atoms with van der Waals surface area (Å²) in [6.07, 6.45) is -0.669. The number of aromatic hydroxyl groups is 1. The number of carbonyl (C=O) groups is 2. The Hall–Kier alpha value is -2.28. The van der Waals surface area contributed by atoms with Gasteiger partial charge in [0.05, 0.1) is 0 Å². The highest BCUT2D eigenvalue weighted by Gasteiger charge is 2.27. The van der Waals surface area contributed by atoms with Gasteiger partial charge in [-0.3, -0.25) is 0 Å². The zero-order valence-corrected chi connectivity index (χ0v) is 16.1. The van der Waals surface area contributed by atoms with Crippen molar-refractivity contribution >= 4 is 12.1 Å². The molecule has 0 saturated carbocycles. The highest BCUT2D eigenvalue weighted by molar-refractivity contribution is 5.99. The highest BCUT2D eigenvalue weighted by Crippen LogP contribution is 2.35. The van der Waals surface area contributed by atoms with Crippen molar-refractivity contribution in [1.82, 2.24) is 10.2 Å². The maximum Gasteiger partial charge on any atom is 0.417 e. The van der Waals surface area contributed by atoms with Gasteiger partial charge in [-0.15, -0.1) is 0 Å². The van der Waals surface area contributed by atoms with Gasteiger partial charge in [0.1, 0.15) is 22.7 Å². The second kappa shape index (κ2) is 7.95. The van der Waals surface area contributed by atoms with Crippen LogP contribution in [0.5, 0.6) is 11.5 Å². The van der Waals surface area contributed by atoms with Crippen molar-refractivity contribution in [2.75, 3.05) is 26.2 Å². The molecule has 1 fully saturated rings. The van der Waals surface area contributed by atoms with Crippen molar-refractivity contribution in [3.8, 4) is 11.5 Å². The van der Waals surface area contributed by atoms with Crippen LogP contribution in [0.25, 0.3) is 0 Å². The van der Waals surface area contributed by atoms with E-state index in [0.717, 1.165) is 0 Å². The number of carbonyl (C=O) groups excluding carboxylic acids is 2. The van der Waals surface area contributed by atoms with Gasteiger partial charge in [0.25, 0.3) is 0 Å². The summed E-state index contributed by atoms with van der Waals surface area (Å²) >= 11 is 0. The van der Waals surface area contributed by atoms with Gasteiger partial charge in [-0.05, 0) is 38.3 Å². The van der Waals surface area contributed by atoms with E-state index in [9.17, 15) is 14.7 Å². The van der Waals surface area contributed by atoms with Gasteiger partial charge in [-0.25, -0.2) is 9.59 Å². The number of piperazine rings is 1. The number of nitrogens with one attached hydrogen (secondary N) is 1. The quantitative estimate of drug-likeness (QED) is 0.633. The molecular formula is C19H28N2O5. The molecule has 1 aliphatic heterocycles. The smallest absolute Gasteiger partial charge is 0.417 e. The van der Waals surface area contributed by atoms with Crippen molar-refractivity contribution < 1.29 is 24.2 Å². The number of hydrogen-bond acceptors (Lipinski definition) is 6. The number of ether oxygens (including phenoxy) is 2. The van der Waals surface area contributed by atoms with Crippen LogP contribution in [0.15, 0.2) is 12.1 Å². The van der Waals surface area contributed by atoms with E-state index in [2.05, 4.69) is 5.32 Å². The van der Waals surface area contributed by atoms with Gasteiger partial charge >= 0.3 is 12.1 Å². The van der Waals surface area contributed by atoms with Crippen molar-refractivity contribution in [3.05, 3.63) is 23.3 Å². The molecule has 0 atom stereocenters. The molecule has 1 aromatic rings. The van der Waals surface area contributed by atoms with Gasteiger partial charge in [-0.2, -0.15) is 0 Å². The van der Waals surface area contributed by atoms with E-state index in [1.165, 1.54) is 17.0 Å². The Morgan fingerprint density at radius 3 is 2.35 bits per heavy atom. The average molecular weight is 364 g/mol. The lowest BCUT2D eigenvalue weighted by Crippen LogP contribution is -2.47. The molecule has 0 spiro atoms. The normalized spacial score (nSPS) is 15.1. The largest absolute Gasteiger partial charge is 0.508 e. The SMILES string of the molecule is CC(C)c1cc(C(=O)OC(=O)N2CCNCC2)c(OC(C)(C)C)cc1O. The summed E-state index contributed by atoms with van der Waals surface area (Å²) in [4.78, 5) is 26.4. The van der Waals surface area contributed by atoms with E-state index in [-0.39, 0.29) is 23.0 Å². The Morgan fingerprint density at radius 2 is 1.81 bits per heavy atom. The van der Waals surface area contributed by atoms with Gasteiger partial charge in [0.2, 0.25) is 0 Å². The molecule has 0 aliphatic carbocycles. The number of rotatable bonds is 3. The Labute approximate surface area is 154 Å². The zero-order valence-electron chi connectivity index (χ0n) is 16.1. The van der Waals surface area contributed by atoms with Crippen LogP contribution >= 0.6 is 0 Å². The zero-order chi connectivity index (χ0) is 19.5. The maximum atomic E-state index is 12.6. The van der Waals surface area contributed by atoms with E-state index in [1.807, 2.05) is 34.6 Å². The fourth-order valence-electron chi connectivity index (χ4n) is 2.67. The summed E-state index contributed by atoms with van der Waals surface area (Å²) in [7, 11) is 0. The van der Waals surface area contributed by atoms with Gasteiger partial charge in [0.15, 0.2) is 0 Å². The standard InChI is InChI=1S/C19H28N2O5/c1-12(2)13-10-14(16(11-15(13)22)26-19(3,4)5)17(23)25-18(24)21-8-6-20-7-9-21/h10-12,20,22H,6-9H2,1-5H3. The van der Waals surface area contributed by atoms with Crippen LogP contribution in [0, 0.1) is 0 Å². The molecule has 1 saturated heterocycles. The summed E-state index contributed by atoms with van der Waals surface area (Å²) in [5, 5.41) is 13.4. The Balaban J connectivity index is 2.30. The number of amides is 1. The molecule has 26 heavy (non-hydrogen) atoms. The van der Waals surface area contributed by atoms with Crippen LogP contribution in [0.2, 0.25) is 0 Å². The molecule has 7 heteroatoms. The molecule has 1 aromatic carbocycles. The lowest BCUT2D eigenvalue weighted by molar-refractivity contribution is 0.0521. The molecule has 0 radical (unpaired) electrons. The molecular weight excluding hydrogens is 336 g/mol. The summed E-state index contributed by atoms with van der Waals surface area (Å²) in [5.41, 5.74) is 0.140. The minimum atomic E-state index is -0.783. The molecule has 0 bridgehead atoms. The number of nitrogens with zero attached hydrogens (tertiary/aromatic N) is 1. The van der Waals surface area contributed by atoms with Crippen molar-refractivity contribution in [3.63, 3.8) is 0 Å². The van der Waals surface area contributed by atoms with E-state index in [0.29, 0.717) is 31.7 Å². The summed E-state index contributed by atoms with van der Waals surface area (Å²) in [6.45, 7) is 11.6. The Kier molecular flexibility index (Phi) is 6.13. The van der Waals surface area contributed by atoms with Crippen LogP contribution in [0.4, 0.5) is 4.79 Å². The first-order chi connectivity index (χ1) is 12.1. The van der Waals surface area contributed by atoms with E-state index < -0.39 is 17.7 Å². The van der Waals surface area contributed by atoms with Crippen LogP contribution in [-0.4, -0.2) is 53.8 Å². The number of phenols is 1. The van der Waals surface area contributed by atoms with Crippen molar-refractivity contribution in [1.29, 1.82) is 0 Å². The van der Waals surface area contributed by atoms with Crippen molar-refractivity contribution in [2.45, 2.75) is 46.1 Å². The average Bonchev–Trinajstić information content (AvgIpc) is 2.53. The van der Waals surface area contributed by atoms with E-state index in [1.54, 1.807) is 0 Å². The highest BCUT2D eigenvalue weighted by atomic mass is 16.6. The molecule has 1 aliphatic rings. The fourth-order valence-corrected chi connectivity index (χ4v) is 2.67. The molecule has 0 unspecified atom stereocenters. The third kappa shape index (κ3) is 5.11. The lowest BCUT2D eigenvalue weighted by Gasteiger charge is -2.27. The molecule has 1 heterocycles. The second-order valence-electron chi connectivity index (χ2n) is 7.67. The van der Waals surface area contributed by atoms with Crippen LogP contribution in [0.1, 0.15) is 56.5 Å². The fraction of sp³-hybridized carbons (Fsp3) is 0.579. The van der Waals surface area contributed by atoms with Crippen LogP contribution in [0.3, 0.4) is 0 Å². The lowest BCUT2D eigenvalue weighted by atomic mass is 9.98. The first-order valence-electron chi connectivity index (χ1n) is 8.86. The topological polar surface area (TPSA) is 88.1 Å². The van der Waals surface area contributed by atoms with E-state index in [4.69, 9.17) is 9.47 Å². The summed E-state index contributed by atoms with van der Waals surface area (Å²) < 4.78 is 10.9. The summed E-state index contributed by atoms with van der Waals surface area (Å²) in [5.74, 6) is -0.550. The predicted molar refractivity (Wildman–Crippen MR) is 97.8 cm³/mol. The number of phenolic OH excluding ortho intramolecular Hbond substituents is 1. The summed E-state index contributed by atoms with van der Waals surface area (Å²) in [6, 6.07) is 2.95.